The van der Waals surface area contributed by atoms with Crippen LogP contribution in [0.5, 0.6) is 5.75 Å². The Hall–Kier alpha value is -4.70. The molecule has 0 aliphatic carbocycles. The highest BCUT2D eigenvalue weighted by Gasteiger charge is 2.32. The van der Waals surface area contributed by atoms with Gasteiger partial charge in [0.1, 0.15) is 18.1 Å². The summed E-state index contributed by atoms with van der Waals surface area (Å²) in [6.45, 7) is 0.471. The Labute approximate surface area is 223 Å². The van der Waals surface area contributed by atoms with E-state index in [0.29, 0.717) is 17.5 Å². The van der Waals surface area contributed by atoms with Gasteiger partial charge in [0.15, 0.2) is 17.5 Å². The van der Waals surface area contributed by atoms with E-state index in [1.807, 2.05) is 84.9 Å². The van der Waals surface area contributed by atoms with Crippen LogP contribution in [0, 0.1) is 0 Å². The number of rotatable bonds is 8. The van der Waals surface area contributed by atoms with Crippen molar-refractivity contribution in [2.45, 2.75) is 6.61 Å². The van der Waals surface area contributed by atoms with E-state index in [4.69, 9.17) is 9.26 Å². The molecule has 9 nitrogen and oxygen atoms in total. The van der Waals surface area contributed by atoms with Gasteiger partial charge in [0, 0.05) is 0 Å². The molecule has 4 aromatic rings. The smallest absolute Gasteiger partial charge is 0.302 e. The van der Waals surface area contributed by atoms with E-state index < -0.39 is 0 Å². The van der Waals surface area contributed by atoms with Crippen LogP contribution in [0.4, 0.5) is 11.6 Å². The molecule has 2 heterocycles. The maximum absolute atomic E-state index is 13.4. The van der Waals surface area contributed by atoms with Crippen molar-refractivity contribution in [3.05, 3.63) is 108 Å². The predicted molar refractivity (Wildman–Crippen MR) is 145 cm³/mol. The molecule has 0 fully saturated rings. The van der Waals surface area contributed by atoms with Crippen molar-refractivity contribution >= 4 is 46.4 Å². The number of carbonyl (C=O) groups is 2. The van der Waals surface area contributed by atoms with Gasteiger partial charge in [-0.15, -0.1) is 0 Å². The third-order valence-corrected chi connectivity index (χ3v) is 6.38. The van der Waals surface area contributed by atoms with Crippen molar-refractivity contribution in [3.8, 4) is 5.75 Å². The molecule has 3 aromatic carbocycles. The molecule has 1 aliphatic rings. The maximum Gasteiger partial charge on any atom is 0.302 e. The summed E-state index contributed by atoms with van der Waals surface area (Å²) in [6.07, 6.45) is 3.27. The highest BCUT2D eigenvalue weighted by Crippen LogP contribution is 2.29. The van der Waals surface area contributed by atoms with Crippen LogP contribution in [0.25, 0.3) is 6.08 Å². The van der Waals surface area contributed by atoms with E-state index in [1.165, 1.54) is 9.58 Å². The van der Waals surface area contributed by atoms with Gasteiger partial charge in [0.05, 0.1) is 11.4 Å². The number of nitrogens with one attached hydrogen (secondary N) is 1. The molecular formula is C28H24N5O4S+. The molecule has 2 amide bonds. The van der Waals surface area contributed by atoms with Crippen molar-refractivity contribution < 1.29 is 23.5 Å². The molecule has 0 unspecified atom stereocenters. The molecular weight excluding hydrogens is 502 g/mol. The number of carbonyl (C=O) groups excluding carboxylic acids is 2. The van der Waals surface area contributed by atoms with Crippen LogP contribution in [0.15, 0.2) is 106 Å². The van der Waals surface area contributed by atoms with Crippen molar-refractivity contribution in [2.75, 3.05) is 16.0 Å². The Morgan fingerprint density at radius 1 is 1.05 bits per heavy atom. The summed E-state index contributed by atoms with van der Waals surface area (Å²) in [7, 11) is 1.68. The highest BCUT2D eigenvalue weighted by molar-refractivity contribution is 8.14. The molecule has 1 aliphatic heterocycles. The van der Waals surface area contributed by atoms with E-state index in [2.05, 4.69) is 15.6 Å². The van der Waals surface area contributed by atoms with Gasteiger partial charge in [-0.25, -0.2) is 4.99 Å². The molecule has 1 N–H and O–H groups in total. The van der Waals surface area contributed by atoms with Gasteiger partial charge in [-0.2, -0.15) is 0 Å². The lowest BCUT2D eigenvalue weighted by atomic mass is 10.2. The van der Waals surface area contributed by atoms with Gasteiger partial charge in [0.25, 0.3) is 12.1 Å². The number of aromatic nitrogens is 2. The lowest BCUT2D eigenvalue weighted by Crippen LogP contribution is -2.31. The fourth-order valence-electron chi connectivity index (χ4n) is 3.64. The molecule has 190 valence electrons. The van der Waals surface area contributed by atoms with Crippen molar-refractivity contribution in [2.24, 2.45) is 12.0 Å². The zero-order valence-corrected chi connectivity index (χ0v) is 21.3. The normalized spacial score (nSPS) is 14.0. The van der Waals surface area contributed by atoms with Gasteiger partial charge in [-0.3, -0.25) is 24.3 Å². The number of nitrogens with zero attached hydrogens (tertiary/aromatic N) is 4. The van der Waals surface area contributed by atoms with Crippen LogP contribution < -0.4 is 19.6 Å². The molecule has 0 atom stereocenters. The van der Waals surface area contributed by atoms with Gasteiger partial charge >= 0.3 is 5.88 Å². The third kappa shape index (κ3) is 6.16. The van der Waals surface area contributed by atoms with E-state index in [1.54, 1.807) is 19.3 Å². The number of aryl methyl sites for hydroxylation is 1. The van der Waals surface area contributed by atoms with Gasteiger partial charge in [-0.1, -0.05) is 77.1 Å². The number of thioether (sulfide) groups is 1. The van der Waals surface area contributed by atoms with Crippen LogP contribution in [-0.2, 0) is 23.2 Å². The minimum Gasteiger partial charge on any atom is -0.489 e. The summed E-state index contributed by atoms with van der Waals surface area (Å²) in [5.41, 5.74) is 2.83. The van der Waals surface area contributed by atoms with Gasteiger partial charge in [-0.05, 0) is 41.5 Å². The Kier molecular flexibility index (Phi) is 7.60. The van der Waals surface area contributed by atoms with Gasteiger partial charge in [0.2, 0.25) is 5.91 Å². The predicted octanol–water partition coefficient (Wildman–Crippen LogP) is 4.19. The molecule has 0 spiro atoms. The molecule has 10 heteroatoms. The number of hydrogen-bond donors (Lipinski definition) is 1. The number of aliphatic imine (C=N–C) groups is 1. The van der Waals surface area contributed by atoms with Crippen LogP contribution in [-0.4, -0.2) is 28.0 Å². The summed E-state index contributed by atoms with van der Waals surface area (Å²) in [4.78, 5) is 31.9. The maximum atomic E-state index is 13.4. The molecule has 38 heavy (non-hydrogen) atoms. The first-order valence-electron chi connectivity index (χ1n) is 11.8. The average Bonchev–Trinajstić information content (AvgIpc) is 3.49. The summed E-state index contributed by atoms with van der Waals surface area (Å²) in [5.74, 6) is 0.412. The topological polar surface area (TPSA) is 101 Å². The number of para-hydroxylation sites is 1. The molecule has 0 saturated carbocycles. The average molecular weight is 527 g/mol. The van der Waals surface area contributed by atoms with Crippen molar-refractivity contribution in [3.63, 3.8) is 0 Å². The van der Waals surface area contributed by atoms with Crippen LogP contribution >= 0.6 is 11.8 Å². The lowest BCUT2D eigenvalue weighted by molar-refractivity contribution is -0.739. The number of amides is 2. The van der Waals surface area contributed by atoms with E-state index in [0.717, 1.165) is 28.6 Å². The van der Waals surface area contributed by atoms with Crippen LogP contribution in [0.3, 0.4) is 0 Å². The number of benzene rings is 3. The Morgan fingerprint density at radius 2 is 1.76 bits per heavy atom. The third-order valence-electron chi connectivity index (χ3n) is 5.44. The molecule has 0 radical (unpaired) electrons. The summed E-state index contributed by atoms with van der Waals surface area (Å²) in [6, 6.07) is 26.6. The van der Waals surface area contributed by atoms with E-state index >= 15 is 0 Å². The van der Waals surface area contributed by atoms with Crippen LogP contribution in [0.2, 0.25) is 0 Å². The standard InChI is InChI=1S/C28H23N5O4S/c1-32-17-26(37-31-32)30-25(34)19-38-28-29-24(27(35)33(28)22-10-6-3-7-11-22)16-20-12-14-23(15-13-20)36-18-21-8-4-2-5-9-21/h2-17H,18-19H2,1H3/p+1/b24-16+. The minimum atomic E-state index is -0.307. The molecule has 1 aromatic heterocycles. The number of anilines is 2. The largest absolute Gasteiger partial charge is 0.489 e. The number of hydrogen-bond acceptors (Lipinski definition) is 7. The second kappa shape index (κ2) is 11.6. The first-order valence-corrected chi connectivity index (χ1v) is 12.8. The Balaban J connectivity index is 1.30. The fraction of sp³-hybridized carbons (Fsp3) is 0.107. The van der Waals surface area contributed by atoms with Crippen molar-refractivity contribution in [1.82, 2.24) is 5.27 Å². The second-order valence-corrected chi connectivity index (χ2v) is 9.26. The second-order valence-electron chi connectivity index (χ2n) is 8.32. The summed E-state index contributed by atoms with van der Waals surface area (Å²) >= 11 is 1.16. The quantitative estimate of drug-likeness (QED) is 0.273. The summed E-state index contributed by atoms with van der Waals surface area (Å²) in [5, 5.41) is 6.72. The van der Waals surface area contributed by atoms with Crippen LogP contribution in [0.1, 0.15) is 11.1 Å². The molecule has 5 rings (SSSR count). The Bertz CT molecular complexity index is 1480. The number of amidine groups is 1. The SMILES string of the molecule is C[n+]1cc(NC(=O)CSC2=N/C(=C/c3ccc(OCc4ccccc4)cc3)C(=O)N2c2ccccc2)on1. The molecule has 0 saturated heterocycles. The number of ether oxygens (including phenoxy) is 1. The lowest BCUT2D eigenvalue weighted by Gasteiger charge is -2.17. The highest BCUT2D eigenvalue weighted by atomic mass is 32.2. The van der Waals surface area contributed by atoms with E-state index in [-0.39, 0.29) is 29.1 Å². The first-order chi connectivity index (χ1) is 18.5. The monoisotopic (exact) mass is 526 g/mol. The van der Waals surface area contributed by atoms with Crippen molar-refractivity contribution in [1.29, 1.82) is 0 Å². The zero-order chi connectivity index (χ0) is 26.3. The minimum absolute atomic E-state index is 0.0284. The summed E-state index contributed by atoms with van der Waals surface area (Å²) < 4.78 is 12.3. The Morgan fingerprint density at radius 3 is 2.45 bits per heavy atom. The zero-order valence-electron chi connectivity index (χ0n) is 20.5. The van der Waals surface area contributed by atoms with E-state index in [9.17, 15) is 9.59 Å². The van der Waals surface area contributed by atoms with Gasteiger partial charge < -0.3 is 4.74 Å². The fourth-order valence-corrected chi connectivity index (χ4v) is 4.45. The molecule has 0 bridgehead atoms. The first kappa shape index (κ1) is 25.0.